The summed E-state index contributed by atoms with van der Waals surface area (Å²) >= 11 is 5.59. The van der Waals surface area contributed by atoms with E-state index in [0.717, 1.165) is 30.7 Å². The van der Waals surface area contributed by atoms with Crippen molar-refractivity contribution >= 4 is 29.1 Å². The first-order valence-electron chi connectivity index (χ1n) is 11.9. The van der Waals surface area contributed by atoms with E-state index in [1.165, 1.54) is 11.1 Å². The molecule has 4 aliphatic rings. The molecule has 3 atom stereocenters. The molecule has 1 N–H and O–H groups in total. The lowest BCUT2D eigenvalue weighted by Gasteiger charge is -2.44. The van der Waals surface area contributed by atoms with Crippen LogP contribution < -0.4 is 14.8 Å². The highest BCUT2D eigenvalue weighted by Gasteiger charge is 2.45. The number of nitrogens with one attached hydrogen (secondary N) is 1. The smallest absolute Gasteiger partial charge is 0.234 e. The third-order valence-electron chi connectivity index (χ3n) is 7.56. The average molecular weight is 478 g/mol. The molecule has 2 aromatic rings. The highest BCUT2D eigenvalue weighted by atomic mass is 32.1. The van der Waals surface area contributed by atoms with E-state index >= 15 is 0 Å². The van der Waals surface area contributed by atoms with Gasteiger partial charge in [0.25, 0.3) is 0 Å². The molecule has 7 nitrogen and oxygen atoms in total. The van der Waals surface area contributed by atoms with Gasteiger partial charge in [0, 0.05) is 25.0 Å². The van der Waals surface area contributed by atoms with E-state index in [2.05, 4.69) is 23.5 Å². The van der Waals surface area contributed by atoms with Crippen LogP contribution in [-0.2, 0) is 29.1 Å². The molecular weight excluding hydrogens is 450 g/mol. The van der Waals surface area contributed by atoms with Crippen LogP contribution in [0.4, 0.5) is 0 Å². The minimum absolute atomic E-state index is 0.0456. The molecule has 1 aliphatic carbocycles. The standard InChI is InChI=1S/C26H27N3O4S/c30-24(28-10-9-17-3-1-2-4-19(17)14-28)18-6-7-20-21(12-18)27-26(34)29(25(20)31)13-16-5-8-22-23(11-16)33-15-32-22/h1-5,8,11,18,20-21H,6-7,9-10,12-15H2,(H,27,34). The van der Waals surface area contributed by atoms with Crippen molar-refractivity contribution < 1.29 is 19.1 Å². The topological polar surface area (TPSA) is 71.1 Å². The summed E-state index contributed by atoms with van der Waals surface area (Å²) in [6.45, 7) is 2.04. The first kappa shape index (κ1) is 21.4. The number of hydrogen-bond donors (Lipinski definition) is 1. The lowest BCUT2D eigenvalue weighted by Crippen LogP contribution is -2.61. The maximum atomic E-state index is 13.4. The van der Waals surface area contributed by atoms with Gasteiger partial charge in [-0.15, -0.1) is 0 Å². The summed E-state index contributed by atoms with van der Waals surface area (Å²) in [6.07, 6.45) is 2.97. The number of nitrogens with zero attached hydrogens (tertiary/aromatic N) is 2. The largest absolute Gasteiger partial charge is 0.454 e. The normalized spacial score (nSPS) is 25.5. The number of fused-ring (bicyclic) bond motifs is 3. The molecule has 2 aromatic carbocycles. The van der Waals surface area contributed by atoms with E-state index in [-0.39, 0.29) is 36.5 Å². The van der Waals surface area contributed by atoms with Crippen LogP contribution in [0.25, 0.3) is 0 Å². The van der Waals surface area contributed by atoms with E-state index in [0.29, 0.717) is 36.8 Å². The quantitative estimate of drug-likeness (QED) is 0.686. The number of carbonyl (C=O) groups is 2. The number of thiocarbonyl (C=S) groups is 1. The second-order valence-corrected chi connectivity index (χ2v) is 9.95. The molecule has 6 rings (SSSR count). The molecule has 0 aromatic heterocycles. The Labute approximate surface area is 204 Å². The Morgan fingerprint density at radius 3 is 2.79 bits per heavy atom. The second-order valence-electron chi connectivity index (χ2n) is 9.56. The summed E-state index contributed by atoms with van der Waals surface area (Å²) in [4.78, 5) is 30.4. The molecule has 0 radical (unpaired) electrons. The summed E-state index contributed by atoms with van der Waals surface area (Å²) in [5, 5.41) is 3.82. The molecular formula is C26H27N3O4S. The predicted molar refractivity (Wildman–Crippen MR) is 129 cm³/mol. The first-order chi connectivity index (χ1) is 16.6. The van der Waals surface area contributed by atoms with Crippen LogP contribution in [0.1, 0.15) is 36.0 Å². The van der Waals surface area contributed by atoms with Crippen molar-refractivity contribution in [2.24, 2.45) is 11.8 Å². The van der Waals surface area contributed by atoms with Crippen LogP contribution >= 0.6 is 12.2 Å². The Bertz CT molecular complexity index is 1170. The molecule has 3 heterocycles. The van der Waals surface area contributed by atoms with Crippen LogP contribution in [0, 0.1) is 11.8 Å². The third-order valence-corrected chi connectivity index (χ3v) is 7.90. The van der Waals surface area contributed by atoms with Gasteiger partial charge >= 0.3 is 0 Å². The van der Waals surface area contributed by atoms with Crippen LogP contribution in [-0.4, -0.2) is 46.1 Å². The molecule has 0 spiro atoms. The SMILES string of the molecule is O=C(C1CCC2C(=O)N(Cc3ccc4c(c3)OCO4)C(=S)NC2C1)N1CCc2ccccc2C1. The summed E-state index contributed by atoms with van der Waals surface area (Å²) in [5.41, 5.74) is 3.51. The van der Waals surface area contributed by atoms with Crippen molar-refractivity contribution in [1.82, 2.24) is 15.1 Å². The molecule has 3 unspecified atom stereocenters. The molecule has 1 saturated heterocycles. The van der Waals surface area contributed by atoms with Gasteiger partial charge in [0.05, 0.1) is 12.5 Å². The number of hydrogen-bond acceptors (Lipinski definition) is 5. The minimum Gasteiger partial charge on any atom is -0.454 e. The van der Waals surface area contributed by atoms with Gasteiger partial charge in [0.2, 0.25) is 18.6 Å². The Kier molecular flexibility index (Phi) is 5.40. The fourth-order valence-electron chi connectivity index (χ4n) is 5.70. The molecule has 8 heteroatoms. The second kappa shape index (κ2) is 8.58. The van der Waals surface area contributed by atoms with Crippen molar-refractivity contribution in [2.75, 3.05) is 13.3 Å². The zero-order valence-corrected chi connectivity index (χ0v) is 19.7. The van der Waals surface area contributed by atoms with E-state index in [9.17, 15) is 9.59 Å². The van der Waals surface area contributed by atoms with Gasteiger partial charge in [-0.1, -0.05) is 30.3 Å². The summed E-state index contributed by atoms with van der Waals surface area (Å²) < 4.78 is 10.8. The van der Waals surface area contributed by atoms with Gasteiger partial charge in [0.1, 0.15) is 0 Å². The van der Waals surface area contributed by atoms with E-state index in [4.69, 9.17) is 21.7 Å². The fourth-order valence-corrected chi connectivity index (χ4v) is 6.01. The number of ether oxygens (including phenoxy) is 2. The van der Waals surface area contributed by atoms with Crippen molar-refractivity contribution in [1.29, 1.82) is 0 Å². The zero-order chi connectivity index (χ0) is 23.2. The van der Waals surface area contributed by atoms with Crippen LogP contribution in [0.2, 0.25) is 0 Å². The monoisotopic (exact) mass is 477 g/mol. The van der Waals surface area contributed by atoms with Crippen molar-refractivity contribution in [3.63, 3.8) is 0 Å². The average Bonchev–Trinajstić information content (AvgIpc) is 3.33. The number of rotatable bonds is 3. The zero-order valence-electron chi connectivity index (χ0n) is 18.9. The Morgan fingerprint density at radius 2 is 1.91 bits per heavy atom. The highest BCUT2D eigenvalue weighted by molar-refractivity contribution is 7.80. The van der Waals surface area contributed by atoms with Crippen molar-refractivity contribution in [3.05, 3.63) is 59.2 Å². The maximum Gasteiger partial charge on any atom is 0.234 e. The van der Waals surface area contributed by atoms with Crippen LogP contribution in [0.15, 0.2) is 42.5 Å². The molecule has 1 saturated carbocycles. The predicted octanol–water partition coefficient (Wildman–Crippen LogP) is 3.00. The summed E-state index contributed by atoms with van der Waals surface area (Å²) in [7, 11) is 0. The maximum absolute atomic E-state index is 13.4. The van der Waals surface area contributed by atoms with Crippen LogP contribution in [0.5, 0.6) is 11.5 Å². The van der Waals surface area contributed by atoms with Crippen molar-refractivity contribution in [3.8, 4) is 11.5 Å². The lowest BCUT2D eigenvalue weighted by atomic mass is 9.76. The first-order valence-corrected chi connectivity index (χ1v) is 12.3. The Morgan fingerprint density at radius 1 is 1.09 bits per heavy atom. The van der Waals surface area contributed by atoms with E-state index in [1.54, 1.807) is 4.90 Å². The van der Waals surface area contributed by atoms with Gasteiger partial charge in [-0.25, -0.2) is 0 Å². The molecule has 3 aliphatic heterocycles. The minimum atomic E-state index is -0.160. The van der Waals surface area contributed by atoms with Crippen molar-refractivity contribution in [2.45, 2.75) is 44.8 Å². The number of benzene rings is 2. The molecule has 2 amide bonds. The third kappa shape index (κ3) is 3.79. The highest BCUT2D eigenvalue weighted by Crippen LogP contribution is 2.36. The molecule has 34 heavy (non-hydrogen) atoms. The van der Waals surface area contributed by atoms with Gasteiger partial charge < -0.3 is 19.7 Å². The van der Waals surface area contributed by atoms with E-state index in [1.807, 2.05) is 29.2 Å². The molecule has 176 valence electrons. The molecule has 0 bridgehead atoms. The number of amides is 2. The van der Waals surface area contributed by atoms with Gasteiger partial charge in [-0.3, -0.25) is 14.5 Å². The van der Waals surface area contributed by atoms with Gasteiger partial charge in [0.15, 0.2) is 16.6 Å². The lowest BCUT2D eigenvalue weighted by molar-refractivity contribution is -0.142. The van der Waals surface area contributed by atoms with E-state index < -0.39 is 0 Å². The fraction of sp³-hybridized carbons (Fsp3) is 0.423. The Hall–Kier alpha value is -3.13. The summed E-state index contributed by atoms with van der Waals surface area (Å²) in [6, 6.07) is 14.0. The van der Waals surface area contributed by atoms with Gasteiger partial charge in [-0.2, -0.15) is 0 Å². The Balaban J connectivity index is 1.11. The number of carbonyl (C=O) groups excluding carboxylic acids is 2. The van der Waals surface area contributed by atoms with Crippen LogP contribution in [0.3, 0.4) is 0 Å². The summed E-state index contributed by atoms with van der Waals surface area (Å²) in [5.74, 6) is 1.43. The molecule has 2 fully saturated rings. The van der Waals surface area contributed by atoms with Gasteiger partial charge in [-0.05, 0) is 66.7 Å².